The standard InChI is InChI=1S/C32H36ClN5.C25H30ClN5.C4H9O.K.O2/c1-5-37(4)19-11-13-23(3)34-31-26-17-9-12-22(2)29(26)35-32(36-31)27-21-38(20-24-14-7-6-8-15-24)30-25(27)16-10-18-28(30)33;1-5-31(4)14-8-10-17(3)28-24-19-12-6-9-16(2)22(19)29-25(30-24)20-15-27-23-18(20)11-7-13-21(23)26;1-4(2,3)5;;1-2/h6-10,12,14-18,21,23H,5,11,13,19-20H2,1-4H3,(H,34,35,36);6-7,9,11-13,15,17,27H,5,8,10,14H2,1-4H3,(H,28,29,30);1-3H3;;/q;;-1;+1;. The summed E-state index contributed by atoms with van der Waals surface area (Å²) in [7, 11) is 4.34. The Morgan fingerprint density at radius 3 is 1.60 bits per heavy atom. The molecule has 16 heteroatoms. The number of anilines is 2. The number of H-pyrrole nitrogens is 1. The summed E-state index contributed by atoms with van der Waals surface area (Å²) in [5.41, 5.74) is 8.56. The van der Waals surface area contributed by atoms with Gasteiger partial charge in [-0.1, -0.05) is 137 Å². The summed E-state index contributed by atoms with van der Waals surface area (Å²) in [6.45, 7) is 23.0. The van der Waals surface area contributed by atoms with Gasteiger partial charge in [0.25, 0.3) is 0 Å². The maximum atomic E-state index is 10.1. The van der Waals surface area contributed by atoms with Gasteiger partial charge in [-0.25, -0.2) is 19.9 Å². The van der Waals surface area contributed by atoms with E-state index in [0.29, 0.717) is 28.8 Å². The molecule has 5 aromatic carbocycles. The van der Waals surface area contributed by atoms with Crippen LogP contribution in [0.3, 0.4) is 0 Å². The summed E-state index contributed by atoms with van der Waals surface area (Å²) in [5.74, 6) is 3.19. The molecule has 402 valence electrons. The Kier molecular flexibility index (Phi) is 24.5. The van der Waals surface area contributed by atoms with Crippen molar-refractivity contribution < 1.29 is 56.5 Å². The van der Waals surface area contributed by atoms with E-state index in [2.05, 4.69) is 165 Å². The Morgan fingerprint density at radius 1 is 0.636 bits per heavy atom. The van der Waals surface area contributed by atoms with E-state index in [1.165, 1.54) is 5.56 Å². The first kappa shape index (κ1) is 63.0. The normalized spacial score (nSPS) is 12.1. The quantitative estimate of drug-likeness (QED) is 0.0702. The third-order valence-electron chi connectivity index (χ3n) is 13.2. The Hall–Kier alpha value is -4.84. The summed E-state index contributed by atoms with van der Waals surface area (Å²) in [5, 5.41) is 23.1. The van der Waals surface area contributed by atoms with Gasteiger partial charge in [-0.3, -0.25) is 0 Å². The number of benzene rings is 5. The maximum absolute atomic E-state index is 10.1. The monoisotopic (exact) mass is 1100 g/mol. The molecule has 0 aliphatic carbocycles. The molecule has 3 N–H and O–H groups in total. The smallest absolute Gasteiger partial charge is 0.850 e. The third kappa shape index (κ3) is 17.3. The zero-order valence-corrected chi connectivity index (χ0v) is 51.7. The molecule has 0 bridgehead atoms. The summed E-state index contributed by atoms with van der Waals surface area (Å²) < 4.78 is 2.22. The minimum absolute atomic E-state index is 0. The third-order valence-corrected chi connectivity index (χ3v) is 13.9. The molecule has 2 atom stereocenters. The molecule has 0 amide bonds. The Morgan fingerprint density at radius 2 is 1.09 bits per heavy atom. The number of nitrogens with one attached hydrogen (secondary N) is 3. The van der Waals surface area contributed by atoms with Crippen molar-refractivity contribution >= 4 is 78.4 Å². The van der Waals surface area contributed by atoms with Gasteiger partial charge >= 0.3 is 51.4 Å². The molecule has 2 unspecified atom stereocenters. The van der Waals surface area contributed by atoms with Crippen molar-refractivity contribution in [2.45, 2.75) is 112 Å². The van der Waals surface area contributed by atoms with E-state index in [4.69, 9.17) is 53.1 Å². The van der Waals surface area contributed by atoms with Crippen LogP contribution in [-0.2, 0) is 6.54 Å². The summed E-state index contributed by atoms with van der Waals surface area (Å²) in [4.78, 5) is 42.1. The second-order valence-electron chi connectivity index (χ2n) is 20.7. The van der Waals surface area contributed by atoms with Gasteiger partial charge in [0, 0.05) is 73.6 Å². The number of aromatic amines is 1. The average molecular weight is 1110 g/mol. The first-order chi connectivity index (χ1) is 36.4. The van der Waals surface area contributed by atoms with E-state index in [0.717, 1.165) is 141 Å². The van der Waals surface area contributed by atoms with Crippen LogP contribution in [0.1, 0.15) is 90.8 Å². The molecule has 0 fully saturated rings. The van der Waals surface area contributed by atoms with Crippen LogP contribution in [-0.4, -0.2) is 97.2 Å². The minimum atomic E-state index is -0.750. The molecule has 0 spiro atoms. The number of hydrogen-bond acceptors (Lipinski definition) is 11. The zero-order chi connectivity index (χ0) is 55.1. The van der Waals surface area contributed by atoms with Crippen LogP contribution in [0, 0.1) is 23.8 Å². The number of hydrogen-bond donors (Lipinski definition) is 3. The van der Waals surface area contributed by atoms with E-state index in [9.17, 15) is 5.11 Å². The first-order valence-corrected chi connectivity index (χ1v) is 27.1. The predicted octanol–water partition coefficient (Wildman–Crippen LogP) is 11.3. The van der Waals surface area contributed by atoms with Gasteiger partial charge < -0.3 is 35.1 Å². The van der Waals surface area contributed by atoms with E-state index >= 15 is 0 Å². The number of aryl methyl sites for hydroxylation is 2. The van der Waals surface area contributed by atoms with Gasteiger partial charge in [0.2, 0.25) is 0 Å². The number of rotatable bonds is 18. The second-order valence-corrected chi connectivity index (χ2v) is 21.5. The minimum Gasteiger partial charge on any atom is -0.850 e. The summed E-state index contributed by atoms with van der Waals surface area (Å²) in [6, 6.07) is 35.6. The van der Waals surface area contributed by atoms with Crippen LogP contribution in [0.4, 0.5) is 11.6 Å². The Bertz CT molecular complexity index is 3300. The number of fused-ring (bicyclic) bond motifs is 4. The van der Waals surface area contributed by atoms with Crippen LogP contribution in [0.15, 0.2) is 116 Å². The molecule has 0 aliphatic heterocycles. The van der Waals surface area contributed by atoms with E-state index < -0.39 is 5.60 Å². The van der Waals surface area contributed by atoms with E-state index in [1.54, 1.807) is 20.8 Å². The first-order valence-electron chi connectivity index (χ1n) is 26.3. The van der Waals surface area contributed by atoms with Crippen molar-refractivity contribution in [2.24, 2.45) is 0 Å². The van der Waals surface area contributed by atoms with Crippen LogP contribution in [0.5, 0.6) is 0 Å². The molecule has 77 heavy (non-hydrogen) atoms. The van der Waals surface area contributed by atoms with Gasteiger partial charge in [-0.15, -0.1) is 5.60 Å². The van der Waals surface area contributed by atoms with Gasteiger partial charge in [-0.05, 0) is 135 Å². The van der Waals surface area contributed by atoms with E-state index in [1.807, 2.05) is 36.5 Å². The molecule has 0 saturated carbocycles. The van der Waals surface area contributed by atoms with Crippen molar-refractivity contribution in [1.29, 1.82) is 0 Å². The number of aromatic nitrogens is 6. The molecule has 4 aromatic heterocycles. The molecule has 9 rings (SSSR count). The number of halogens is 2. The topological polar surface area (TPSA) is 160 Å². The average Bonchev–Trinajstić information content (AvgIpc) is 4.04. The van der Waals surface area contributed by atoms with Crippen molar-refractivity contribution in [1.82, 2.24) is 39.3 Å². The van der Waals surface area contributed by atoms with Crippen molar-refractivity contribution in [3.63, 3.8) is 0 Å². The van der Waals surface area contributed by atoms with Crippen molar-refractivity contribution in [2.75, 3.05) is 50.9 Å². The second kappa shape index (κ2) is 29.9. The SMILES string of the molecule is CC(C)(C)[O-].CCN(C)CCCC(C)Nc1nc(-c2c[nH]c3c(Cl)cccc23)nc2c(C)cccc12.CCN(C)CCCC(C)Nc1nc(-c2cn(Cc3ccccc3)c3c(Cl)cccc23)nc2c(C)cccc12.O=O.[K+]. The molecule has 13 nitrogen and oxygen atoms in total. The van der Waals surface area contributed by atoms with Gasteiger partial charge in [-0.2, -0.15) is 0 Å². The van der Waals surface area contributed by atoms with Gasteiger partial charge in [0.15, 0.2) is 11.6 Å². The molecule has 9 aromatic rings. The molecule has 0 radical (unpaired) electrons. The molecule has 0 aliphatic rings. The summed E-state index contributed by atoms with van der Waals surface area (Å²) in [6.07, 6.45) is 8.54. The zero-order valence-electron chi connectivity index (χ0n) is 47.1. The fraction of sp³-hybridized carbons (Fsp3) is 0.377. The van der Waals surface area contributed by atoms with Crippen molar-refractivity contribution in [3.05, 3.63) is 152 Å². The van der Waals surface area contributed by atoms with Gasteiger partial charge in [0.1, 0.15) is 11.6 Å². The van der Waals surface area contributed by atoms with Crippen LogP contribution < -0.4 is 67.1 Å². The fourth-order valence-electron chi connectivity index (χ4n) is 9.01. The maximum Gasteiger partial charge on any atom is 1.00 e. The van der Waals surface area contributed by atoms with Crippen molar-refractivity contribution in [3.8, 4) is 22.8 Å². The van der Waals surface area contributed by atoms with Crippen LogP contribution in [0.2, 0.25) is 10.0 Å². The predicted molar refractivity (Wildman–Crippen MR) is 320 cm³/mol. The Labute approximate surface area is 507 Å². The molecular weight excluding hydrogens is 1030 g/mol. The molecule has 4 heterocycles. The van der Waals surface area contributed by atoms with Crippen LogP contribution >= 0.6 is 23.2 Å². The molecule has 0 saturated heterocycles. The van der Waals surface area contributed by atoms with Crippen LogP contribution in [0.25, 0.3) is 66.4 Å². The van der Waals surface area contributed by atoms with E-state index in [-0.39, 0.29) is 51.4 Å². The fourth-order valence-corrected chi connectivity index (χ4v) is 9.53. The Balaban J connectivity index is 0.000000254. The summed E-state index contributed by atoms with van der Waals surface area (Å²) >= 11 is 13.1. The molecular formula is C61H75Cl2KN10O3. The number of para-hydroxylation sites is 4. The van der Waals surface area contributed by atoms with Gasteiger partial charge in [0.05, 0.1) is 32.1 Å². The number of nitrogens with zero attached hydrogens (tertiary/aromatic N) is 7. The largest absolute Gasteiger partial charge is 1.00 e.